The fraction of sp³-hybridized carbons (Fsp3) is 0.0435. The zero-order valence-electron chi connectivity index (χ0n) is 15.0. The third-order valence-electron chi connectivity index (χ3n) is 4.40. The Bertz CT molecular complexity index is 1260. The van der Waals surface area contributed by atoms with Gasteiger partial charge in [-0.2, -0.15) is 0 Å². The van der Waals surface area contributed by atoms with Gasteiger partial charge < -0.3 is 9.15 Å². The Balaban J connectivity index is 1.61. The lowest BCUT2D eigenvalue weighted by Gasteiger charge is -2.09. The van der Waals surface area contributed by atoms with Crippen molar-refractivity contribution >= 4 is 40.0 Å². The van der Waals surface area contributed by atoms with Gasteiger partial charge in [0.05, 0.1) is 5.02 Å². The number of Topliss-reactive ketones (excluding diaryl/α,β-unsaturated/α-hetero) is 1. The summed E-state index contributed by atoms with van der Waals surface area (Å²) in [6.45, 7) is -0.213. The van der Waals surface area contributed by atoms with E-state index in [0.717, 1.165) is 16.5 Å². The molecule has 4 nitrogen and oxygen atoms in total. The molecule has 0 atom stereocenters. The maximum Gasteiger partial charge on any atom is 0.336 e. The number of carbonyl (C=O) groups excluding carboxylic acids is 1. The summed E-state index contributed by atoms with van der Waals surface area (Å²) < 4.78 is 10.9. The van der Waals surface area contributed by atoms with Crippen molar-refractivity contribution in [1.82, 2.24) is 0 Å². The second-order valence-electron chi connectivity index (χ2n) is 6.34. The van der Waals surface area contributed by atoms with E-state index >= 15 is 0 Å². The molecule has 0 saturated carbocycles. The van der Waals surface area contributed by atoms with E-state index in [2.05, 4.69) is 0 Å². The second kappa shape index (κ2) is 8.11. The van der Waals surface area contributed by atoms with Crippen molar-refractivity contribution in [3.8, 4) is 16.9 Å². The highest BCUT2D eigenvalue weighted by atomic mass is 35.5. The Kier molecular flexibility index (Phi) is 5.38. The zero-order chi connectivity index (χ0) is 20.4. The Hall–Kier alpha value is -3.08. The summed E-state index contributed by atoms with van der Waals surface area (Å²) in [6.07, 6.45) is 0. The average Bonchev–Trinajstić information content (AvgIpc) is 2.71. The first kappa shape index (κ1) is 19.2. The van der Waals surface area contributed by atoms with Gasteiger partial charge in [-0.05, 0) is 41.5 Å². The van der Waals surface area contributed by atoms with Gasteiger partial charge in [-0.1, -0.05) is 53.5 Å². The summed E-state index contributed by atoms with van der Waals surface area (Å²) in [7, 11) is 0. The number of fused-ring (bicyclic) bond motifs is 1. The zero-order valence-corrected chi connectivity index (χ0v) is 16.5. The minimum Gasteiger partial charge on any atom is -0.485 e. The molecule has 0 bridgehead atoms. The molecule has 6 heteroatoms. The lowest BCUT2D eigenvalue weighted by molar-refractivity contribution is 0.0921. The van der Waals surface area contributed by atoms with Crippen LogP contribution in [0, 0.1) is 0 Å². The maximum atomic E-state index is 12.4. The first-order valence-corrected chi connectivity index (χ1v) is 9.51. The molecule has 0 N–H and O–H groups in total. The molecule has 144 valence electrons. The van der Waals surface area contributed by atoms with Gasteiger partial charge in [0.1, 0.15) is 11.3 Å². The smallest absolute Gasteiger partial charge is 0.336 e. The average molecular weight is 425 g/mol. The van der Waals surface area contributed by atoms with Crippen LogP contribution < -0.4 is 10.4 Å². The van der Waals surface area contributed by atoms with Crippen LogP contribution in [0.25, 0.3) is 22.1 Å². The van der Waals surface area contributed by atoms with E-state index in [1.54, 1.807) is 30.3 Å². The van der Waals surface area contributed by atoms with Gasteiger partial charge >= 0.3 is 5.63 Å². The summed E-state index contributed by atoms with van der Waals surface area (Å²) in [5, 5.41) is 1.49. The SMILES string of the molecule is O=C(COc1ccc2c(-c3ccccc3)cc(=O)oc2c1)c1ccc(Cl)cc1Cl. The van der Waals surface area contributed by atoms with Gasteiger partial charge in [0.25, 0.3) is 0 Å². The van der Waals surface area contributed by atoms with Crippen molar-refractivity contribution in [2.45, 2.75) is 0 Å². The quantitative estimate of drug-likeness (QED) is 0.290. The Labute approximate surface area is 176 Å². The van der Waals surface area contributed by atoms with Gasteiger partial charge in [0.15, 0.2) is 6.61 Å². The number of rotatable bonds is 5. The third-order valence-corrected chi connectivity index (χ3v) is 4.95. The van der Waals surface area contributed by atoms with Crippen LogP contribution in [0.1, 0.15) is 10.4 Å². The highest BCUT2D eigenvalue weighted by molar-refractivity contribution is 6.36. The first-order chi connectivity index (χ1) is 14.0. The van der Waals surface area contributed by atoms with Gasteiger partial charge in [0.2, 0.25) is 5.78 Å². The molecule has 0 unspecified atom stereocenters. The van der Waals surface area contributed by atoms with E-state index in [1.165, 1.54) is 12.1 Å². The van der Waals surface area contributed by atoms with Crippen molar-refractivity contribution in [2.24, 2.45) is 0 Å². The van der Waals surface area contributed by atoms with Crippen LogP contribution in [-0.4, -0.2) is 12.4 Å². The highest BCUT2D eigenvalue weighted by Gasteiger charge is 2.13. The Morgan fingerprint density at radius 1 is 0.931 bits per heavy atom. The van der Waals surface area contributed by atoms with Crippen LogP contribution in [-0.2, 0) is 0 Å². The van der Waals surface area contributed by atoms with Crippen LogP contribution in [0.15, 0.2) is 82.0 Å². The van der Waals surface area contributed by atoms with E-state index in [1.807, 2.05) is 30.3 Å². The molecule has 0 saturated heterocycles. The van der Waals surface area contributed by atoms with Crippen LogP contribution in [0.5, 0.6) is 5.75 Å². The fourth-order valence-corrected chi connectivity index (χ4v) is 3.55. The minimum atomic E-state index is -0.461. The van der Waals surface area contributed by atoms with Gasteiger partial charge in [-0.25, -0.2) is 4.79 Å². The first-order valence-electron chi connectivity index (χ1n) is 8.75. The molecule has 0 aliphatic heterocycles. The number of hydrogen-bond donors (Lipinski definition) is 0. The van der Waals surface area contributed by atoms with Crippen LogP contribution in [0.3, 0.4) is 0 Å². The number of carbonyl (C=O) groups is 1. The summed E-state index contributed by atoms with van der Waals surface area (Å²) >= 11 is 11.9. The molecular formula is C23H14Cl2O4. The van der Waals surface area contributed by atoms with E-state index < -0.39 is 5.63 Å². The molecule has 29 heavy (non-hydrogen) atoms. The van der Waals surface area contributed by atoms with Crippen molar-refractivity contribution in [1.29, 1.82) is 0 Å². The number of halogens is 2. The minimum absolute atomic E-state index is 0.213. The molecule has 0 radical (unpaired) electrons. The van der Waals surface area contributed by atoms with Gasteiger partial charge in [0, 0.05) is 28.1 Å². The predicted molar refractivity (Wildman–Crippen MR) is 114 cm³/mol. The van der Waals surface area contributed by atoms with Crippen molar-refractivity contribution in [2.75, 3.05) is 6.61 Å². The third kappa shape index (κ3) is 4.19. The second-order valence-corrected chi connectivity index (χ2v) is 7.18. The largest absolute Gasteiger partial charge is 0.485 e. The number of hydrogen-bond acceptors (Lipinski definition) is 4. The molecule has 0 amide bonds. The van der Waals surface area contributed by atoms with Crippen molar-refractivity contribution in [3.05, 3.63) is 98.8 Å². The summed E-state index contributed by atoms with van der Waals surface area (Å²) in [5.41, 5.74) is 1.93. The molecule has 0 aliphatic rings. The van der Waals surface area contributed by atoms with Gasteiger partial charge in [-0.3, -0.25) is 4.79 Å². The van der Waals surface area contributed by atoms with E-state index in [-0.39, 0.29) is 17.4 Å². The van der Waals surface area contributed by atoms with E-state index in [9.17, 15) is 9.59 Å². The van der Waals surface area contributed by atoms with Crippen LogP contribution in [0.4, 0.5) is 0 Å². The lowest BCUT2D eigenvalue weighted by atomic mass is 10.0. The van der Waals surface area contributed by atoms with Crippen molar-refractivity contribution < 1.29 is 13.9 Å². The van der Waals surface area contributed by atoms with E-state index in [4.69, 9.17) is 32.4 Å². The molecule has 1 heterocycles. The summed E-state index contributed by atoms with van der Waals surface area (Å²) in [5.74, 6) is 0.121. The Morgan fingerprint density at radius 3 is 2.48 bits per heavy atom. The molecule has 4 rings (SSSR count). The summed E-state index contributed by atoms with van der Waals surface area (Å²) in [6, 6.07) is 20.8. The number of ketones is 1. The molecule has 1 aromatic heterocycles. The number of ether oxygens (including phenoxy) is 1. The summed E-state index contributed by atoms with van der Waals surface area (Å²) in [4.78, 5) is 24.4. The molecular weight excluding hydrogens is 411 g/mol. The fourth-order valence-electron chi connectivity index (χ4n) is 3.03. The molecule has 0 spiro atoms. The topological polar surface area (TPSA) is 56.5 Å². The lowest BCUT2D eigenvalue weighted by Crippen LogP contribution is -2.12. The van der Waals surface area contributed by atoms with Gasteiger partial charge in [-0.15, -0.1) is 0 Å². The monoisotopic (exact) mass is 424 g/mol. The normalized spacial score (nSPS) is 10.8. The molecule has 4 aromatic rings. The standard InChI is InChI=1S/C23H14Cl2O4/c24-15-6-8-18(20(25)10-15)21(26)13-28-16-7-9-17-19(14-4-2-1-3-5-14)12-23(27)29-22(17)11-16/h1-12H,13H2. The maximum absolute atomic E-state index is 12.4. The van der Waals surface area contributed by atoms with Crippen molar-refractivity contribution in [3.63, 3.8) is 0 Å². The number of benzene rings is 3. The highest BCUT2D eigenvalue weighted by Crippen LogP contribution is 2.29. The molecule has 0 fully saturated rings. The van der Waals surface area contributed by atoms with Crippen LogP contribution >= 0.6 is 23.2 Å². The predicted octanol–water partition coefficient (Wildman–Crippen LogP) is 6.03. The molecule has 0 aliphatic carbocycles. The van der Waals surface area contributed by atoms with Crippen LogP contribution in [0.2, 0.25) is 10.0 Å². The van der Waals surface area contributed by atoms with E-state index in [0.29, 0.717) is 21.9 Å². The Morgan fingerprint density at radius 2 is 1.72 bits per heavy atom. The molecule has 3 aromatic carbocycles.